The Morgan fingerprint density at radius 2 is 1.54 bits per heavy atom. The maximum absolute atomic E-state index is 8.77. The average molecular weight is 180 g/mol. The number of hydrogen-bond acceptors (Lipinski definition) is 1. The Hall–Kier alpha value is -0.820. The second-order valence-corrected chi connectivity index (χ2v) is 3.05. The maximum atomic E-state index is 8.77. The normalized spacial score (nSPS) is 9.38. The molecule has 1 nitrogen and oxygen atoms in total. The van der Waals surface area contributed by atoms with Gasteiger partial charge >= 0.3 is 0 Å². The molecule has 0 fully saturated rings. The number of aliphatic hydroxyl groups excluding tert-OH is 1. The van der Waals surface area contributed by atoms with Crippen LogP contribution in [0.5, 0.6) is 0 Å². The molecule has 0 aromatic heterocycles. The molecular weight excluding hydrogens is 160 g/mol. The van der Waals surface area contributed by atoms with Crippen LogP contribution in [-0.2, 0) is 6.61 Å². The molecule has 1 aromatic rings. The first-order chi connectivity index (χ1) is 6.24. The number of benzene rings is 1. The summed E-state index contributed by atoms with van der Waals surface area (Å²) in [7, 11) is 0. The summed E-state index contributed by atoms with van der Waals surface area (Å²) >= 11 is 0. The van der Waals surface area contributed by atoms with Gasteiger partial charge in [-0.1, -0.05) is 52.0 Å². The molecule has 1 aromatic carbocycles. The lowest BCUT2D eigenvalue weighted by molar-refractivity contribution is 0.282. The molecule has 74 valence electrons. The highest BCUT2D eigenvalue weighted by Gasteiger charge is 1.97. The van der Waals surface area contributed by atoms with Gasteiger partial charge in [0.05, 0.1) is 6.61 Å². The molecule has 0 atom stereocenters. The Bertz CT molecular complexity index is 211. The summed E-state index contributed by atoms with van der Waals surface area (Å²) in [6.07, 6.45) is 0. The third kappa shape index (κ3) is 4.09. The first-order valence-electron chi connectivity index (χ1n) is 4.93. The van der Waals surface area contributed by atoms with Crippen molar-refractivity contribution in [3.63, 3.8) is 0 Å². The van der Waals surface area contributed by atoms with Crippen molar-refractivity contribution in [1.82, 2.24) is 0 Å². The first kappa shape index (κ1) is 12.2. The predicted molar refractivity (Wildman–Crippen MR) is 57.8 cm³/mol. The Kier molecular flexibility index (Phi) is 6.25. The highest BCUT2D eigenvalue weighted by molar-refractivity contribution is 5.23. The summed E-state index contributed by atoms with van der Waals surface area (Å²) < 4.78 is 0. The van der Waals surface area contributed by atoms with E-state index in [1.807, 2.05) is 26.0 Å². The van der Waals surface area contributed by atoms with Crippen molar-refractivity contribution in [3.8, 4) is 0 Å². The fraction of sp³-hybridized carbons (Fsp3) is 0.500. The van der Waals surface area contributed by atoms with Crippen LogP contribution in [0.3, 0.4) is 0 Å². The van der Waals surface area contributed by atoms with E-state index in [2.05, 4.69) is 26.0 Å². The molecule has 13 heavy (non-hydrogen) atoms. The van der Waals surface area contributed by atoms with Gasteiger partial charge in [0.1, 0.15) is 0 Å². The van der Waals surface area contributed by atoms with Gasteiger partial charge in [0, 0.05) is 0 Å². The molecule has 0 aliphatic heterocycles. The van der Waals surface area contributed by atoms with Crippen molar-refractivity contribution in [3.05, 3.63) is 35.4 Å². The van der Waals surface area contributed by atoms with Gasteiger partial charge < -0.3 is 5.11 Å². The molecule has 0 amide bonds. The second-order valence-electron chi connectivity index (χ2n) is 3.05. The molecule has 0 aliphatic carbocycles. The largest absolute Gasteiger partial charge is 0.392 e. The SMILES string of the molecule is CC.CC(C)c1ccc(CO)cc1. The summed E-state index contributed by atoms with van der Waals surface area (Å²) in [5.41, 5.74) is 2.30. The topological polar surface area (TPSA) is 20.2 Å². The molecule has 1 heteroatoms. The van der Waals surface area contributed by atoms with E-state index < -0.39 is 0 Å². The zero-order valence-corrected chi connectivity index (χ0v) is 9.04. The predicted octanol–water partition coefficient (Wildman–Crippen LogP) is 3.33. The molecule has 0 bridgehead atoms. The maximum Gasteiger partial charge on any atom is 0.0681 e. The molecule has 0 heterocycles. The smallest absolute Gasteiger partial charge is 0.0681 e. The van der Waals surface area contributed by atoms with Crippen LogP contribution >= 0.6 is 0 Å². The molecule has 0 unspecified atom stereocenters. The van der Waals surface area contributed by atoms with Gasteiger partial charge in [0.15, 0.2) is 0 Å². The summed E-state index contributed by atoms with van der Waals surface area (Å²) in [6.45, 7) is 8.46. The minimum atomic E-state index is 0.137. The lowest BCUT2D eigenvalue weighted by Gasteiger charge is -2.04. The minimum Gasteiger partial charge on any atom is -0.392 e. The highest BCUT2D eigenvalue weighted by Crippen LogP contribution is 2.14. The molecule has 0 saturated carbocycles. The van der Waals surface area contributed by atoms with E-state index in [4.69, 9.17) is 5.11 Å². The van der Waals surface area contributed by atoms with Gasteiger partial charge in [-0.3, -0.25) is 0 Å². The summed E-state index contributed by atoms with van der Waals surface area (Å²) in [4.78, 5) is 0. The highest BCUT2D eigenvalue weighted by atomic mass is 16.3. The van der Waals surface area contributed by atoms with Crippen molar-refractivity contribution in [1.29, 1.82) is 0 Å². The van der Waals surface area contributed by atoms with E-state index in [1.165, 1.54) is 5.56 Å². The fourth-order valence-corrected chi connectivity index (χ4v) is 1.01. The van der Waals surface area contributed by atoms with E-state index >= 15 is 0 Å². The fourth-order valence-electron chi connectivity index (χ4n) is 1.01. The van der Waals surface area contributed by atoms with E-state index in [0.717, 1.165) is 5.56 Å². The molecule has 1 N–H and O–H groups in total. The Labute approximate surface area is 81.4 Å². The van der Waals surface area contributed by atoms with Gasteiger partial charge in [-0.05, 0) is 17.0 Å². The quantitative estimate of drug-likeness (QED) is 0.740. The van der Waals surface area contributed by atoms with Crippen LogP contribution in [-0.4, -0.2) is 5.11 Å². The van der Waals surface area contributed by atoms with Gasteiger partial charge in [-0.15, -0.1) is 0 Å². The van der Waals surface area contributed by atoms with Gasteiger partial charge in [0.2, 0.25) is 0 Å². The first-order valence-corrected chi connectivity index (χ1v) is 4.93. The summed E-state index contributed by atoms with van der Waals surface area (Å²) in [6, 6.07) is 8.07. The van der Waals surface area contributed by atoms with E-state index in [-0.39, 0.29) is 6.61 Å². The van der Waals surface area contributed by atoms with Crippen LogP contribution in [0.4, 0.5) is 0 Å². The van der Waals surface area contributed by atoms with E-state index in [1.54, 1.807) is 0 Å². The van der Waals surface area contributed by atoms with Crippen LogP contribution < -0.4 is 0 Å². The standard InChI is InChI=1S/C10H14O.C2H6/c1-8(2)10-5-3-9(7-11)4-6-10;1-2/h3-6,8,11H,7H2,1-2H3;1-2H3. The van der Waals surface area contributed by atoms with Crippen LogP contribution in [0.15, 0.2) is 24.3 Å². The number of aliphatic hydroxyl groups is 1. The van der Waals surface area contributed by atoms with Crippen LogP contribution in [0, 0.1) is 0 Å². The van der Waals surface area contributed by atoms with Crippen LogP contribution in [0.1, 0.15) is 44.7 Å². The Morgan fingerprint density at radius 3 is 1.85 bits per heavy atom. The third-order valence-corrected chi connectivity index (χ3v) is 1.83. The van der Waals surface area contributed by atoms with E-state index in [9.17, 15) is 0 Å². The average Bonchev–Trinajstić information content (AvgIpc) is 2.21. The molecule has 0 aliphatic rings. The third-order valence-electron chi connectivity index (χ3n) is 1.83. The van der Waals surface area contributed by atoms with Gasteiger partial charge in [0.25, 0.3) is 0 Å². The van der Waals surface area contributed by atoms with Crippen molar-refractivity contribution in [2.75, 3.05) is 0 Å². The number of hydrogen-bond donors (Lipinski definition) is 1. The summed E-state index contributed by atoms with van der Waals surface area (Å²) in [5.74, 6) is 0.572. The van der Waals surface area contributed by atoms with Gasteiger partial charge in [-0.25, -0.2) is 0 Å². The molecule has 0 spiro atoms. The minimum absolute atomic E-state index is 0.137. The zero-order valence-electron chi connectivity index (χ0n) is 9.04. The van der Waals surface area contributed by atoms with Crippen molar-refractivity contribution in [2.24, 2.45) is 0 Å². The van der Waals surface area contributed by atoms with Crippen LogP contribution in [0.2, 0.25) is 0 Å². The molecule has 0 saturated heterocycles. The van der Waals surface area contributed by atoms with Gasteiger partial charge in [-0.2, -0.15) is 0 Å². The lowest BCUT2D eigenvalue weighted by atomic mass is 10.0. The number of rotatable bonds is 2. The van der Waals surface area contributed by atoms with Crippen LogP contribution in [0.25, 0.3) is 0 Å². The Morgan fingerprint density at radius 1 is 1.08 bits per heavy atom. The Balaban J connectivity index is 0.000000671. The van der Waals surface area contributed by atoms with E-state index in [0.29, 0.717) is 5.92 Å². The monoisotopic (exact) mass is 180 g/mol. The van der Waals surface area contributed by atoms with Crippen molar-refractivity contribution < 1.29 is 5.11 Å². The molecule has 0 radical (unpaired) electrons. The van der Waals surface area contributed by atoms with Crippen molar-refractivity contribution >= 4 is 0 Å². The zero-order chi connectivity index (χ0) is 10.3. The lowest BCUT2D eigenvalue weighted by Crippen LogP contribution is -1.88. The second kappa shape index (κ2) is 6.67. The molecular formula is C12H20O. The molecule has 1 rings (SSSR count). The summed E-state index contributed by atoms with van der Waals surface area (Å²) in [5, 5.41) is 8.77. The van der Waals surface area contributed by atoms with Crippen molar-refractivity contribution in [2.45, 2.75) is 40.2 Å².